The molecular weight excluding hydrogens is 429 g/mol. The molecule has 0 saturated heterocycles. The third-order valence-electron chi connectivity index (χ3n) is 6.38. The van der Waals surface area contributed by atoms with Crippen LogP contribution in [-0.4, -0.2) is 29.7 Å². The highest BCUT2D eigenvalue weighted by Crippen LogP contribution is 2.49. The fourth-order valence-corrected chi connectivity index (χ4v) is 6.59. The summed E-state index contributed by atoms with van der Waals surface area (Å²) < 4.78 is 13.8. The Morgan fingerprint density at radius 1 is 0.939 bits per heavy atom. The van der Waals surface area contributed by atoms with Crippen LogP contribution in [0.1, 0.15) is 33.3 Å². The lowest BCUT2D eigenvalue weighted by atomic mass is 9.83. The quantitative estimate of drug-likeness (QED) is 0.415. The average Bonchev–Trinajstić information content (AvgIpc) is 2.79. The highest BCUT2D eigenvalue weighted by molar-refractivity contribution is 8.03. The monoisotopic (exact) mass is 461 g/mol. The number of rotatable bonds is 6. The van der Waals surface area contributed by atoms with Crippen molar-refractivity contribution in [3.63, 3.8) is 0 Å². The lowest BCUT2D eigenvalue weighted by molar-refractivity contribution is 0.220. The molecule has 0 fully saturated rings. The van der Waals surface area contributed by atoms with Crippen molar-refractivity contribution in [3.8, 4) is 0 Å². The Morgan fingerprint density at radius 3 is 2.24 bits per heavy atom. The molecule has 2 nitrogen and oxygen atoms in total. The van der Waals surface area contributed by atoms with E-state index in [1.165, 1.54) is 33.5 Å². The Kier molecular flexibility index (Phi) is 6.96. The molecule has 33 heavy (non-hydrogen) atoms. The number of aliphatic hydroxyl groups is 1. The maximum absolute atomic E-state index is 13.8. The summed E-state index contributed by atoms with van der Waals surface area (Å²) in [6, 6.07) is 21.6. The topological polar surface area (TPSA) is 23.5 Å². The fourth-order valence-electron chi connectivity index (χ4n) is 5.09. The van der Waals surface area contributed by atoms with Crippen LogP contribution in [0.2, 0.25) is 0 Å². The van der Waals surface area contributed by atoms with E-state index in [1.54, 1.807) is 11.8 Å². The van der Waals surface area contributed by atoms with E-state index in [2.05, 4.69) is 82.1 Å². The van der Waals surface area contributed by atoms with E-state index >= 15 is 0 Å². The lowest BCUT2D eigenvalue weighted by Gasteiger charge is -2.44. The van der Waals surface area contributed by atoms with Crippen LogP contribution in [0.4, 0.5) is 4.39 Å². The van der Waals surface area contributed by atoms with E-state index in [4.69, 9.17) is 0 Å². The van der Waals surface area contributed by atoms with Crippen LogP contribution in [-0.2, 0) is 0 Å². The zero-order valence-electron chi connectivity index (χ0n) is 20.0. The van der Waals surface area contributed by atoms with E-state index in [-0.39, 0.29) is 24.4 Å². The minimum Gasteiger partial charge on any atom is -0.392 e. The van der Waals surface area contributed by atoms with Gasteiger partial charge in [-0.25, -0.2) is 4.39 Å². The zero-order valence-corrected chi connectivity index (χ0v) is 20.8. The van der Waals surface area contributed by atoms with Crippen LogP contribution in [0.25, 0.3) is 16.3 Å². The van der Waals surface area contributed by atoms with Crippen LogP contribution in [0.15, 0.2) is 87.8 Å². The van der Waals surface area contributed by atoms with Gasteiger partial charge in [-0.05, 0) is 51.9 Å². The largest absolute Gasteiger partial charge is 0.392 e. The smallest absolute Gasteiger partial charge is 0.123 e. The molecule has 0 spiro atoms. The number of allylic oxidation sites excluding steroid dienone is 2. The first kappa shape index (κ1) is 23.6. The summed E-state index contributed by atoms with van der Waals surface area (Å²) in [6.45, 7) is 8.79. The van der Waals surface area contributed by atoms with E-state index in [0.717, 1.165) is 21.6 Å². The summed E-state index contributed by atoms with van der Waals surface area (Å²) in [5, 5.41) is 13.0. The summed E-state index contributed by atoms with van der Waals surface area (Å²) >= 11 is 1.75. The van der Waals surface area contributed by atoms with Crippen molar-refractivity contribution < 1.29 is 9.50 Å². The molecule has 0 saturated carbocycles. The van der Waals surface area contributed by atoms with Gasteiger partial charge in [0.25, 0.3) is 0 Å². The van der Waals surface area contributed by atoms with Crippen LogP contribution in [0.3, 0.4) is 0 Å². The summed E-state index contributed by atoms with van der Waals surface area (Å²) in [5.74, 6) is 0.337. The molecule has 3 aromatic carbocycles. The molecule has 1 heterocycles. The normalized spacial score (nSPS) is 17.1. The summed E-state index contributed by atoms with van der Waals surface area (Å²) in [6.07, 6.45) is 0. The molecule has 3 aromatic rings. The first-order chi connectivity index (χ1) is 15.8. The van der Waals surface area contributed by atoms with Gasteiger partial charge in [-0.3, -0.25) is 0 Å². The highest BCUT2D eigenvalue weighted by atomic mass is 32.2. The predicted octanol–water partition coefficient (Wildman–Crippen LogP) is 7.35. The first-order valence-electron chi connectivity index (χ1n) is 11.6. The van der Waals surface area contributed by atoms with Gasteiger partial charge in [0.1, 0.15) is 5.82 Å². The highest BCUT2D eigenvalue weighted by Gasteiger charge is 2.36. The van der Waals surface area contributed by atoms with Crippen LogP contribution in [0.5, 0.6) is 0 Å². The van der Waals surface area contributed by atoms with E-state index < -0.39 is 0 Å². The van der Waals surface area contributed by atoms with Crippen molar-refractivity contribution in [3.05, 3.63) is 94.3 Å². The molecule has 0 amide bonds. The number of hydrogen-bond donors (Lipinski definition) is 1. The second-order valence-electron chi connectivity index (χ2n) is 9.31. The SMILES string of the molecule is CC(C)C1=C(Sc2cccc3ccccc23)C(c2ccc(F)cc2)=C(CO)C(C(C)C)N1C. The minimum absolute atomic E-state index is 0.0368. The van der Waals surface area contributed by atoms with Gasteiger partial charge < -0.3 is 10.0 Å². The molecule has 4 rings (SSSR count). The number of hydrogen-bond acceptors (Lipinski definition) is 3. The van der Waals surface area contributed by atoms with E-state index in [1.807, 2.05) is 12.1 Å². The Morgan fingerprint density at radius 2 is 1.61 bits per heavy atom. The molecule has 172 valence electrons. The molecule has 0 radical (unpaired) electrons. The molecule has 1 N–H and O–H groups in total. The standard InChI is InChI=1S/C29H32FNOS/c1-18(2)27-24(17-32)26(21-13-15-22(30)16-14-21)29(28(19(3)4)31(27)5)33-25-12-8-10-20-9-6-7-11-23(20)25/h6-16,18-19,27,32H,17H2,1-5H3. The third-order valence-corrected chi connectivity index (χ3v) is 7.57. The van der Waals surface area contributed by atoms with Crippen molar-refractivity contribution in [1.29, 1.82) is 0 Å². The summed E-state index contributed by atoms with van der Waals surface area (Å²) in [4.78, 5) is 4.66. The van der Waals surface area contributed by atoms with Gasteiger partial charge in [-0.2, -0.15) is 0 Å². The molecule has 1 aliphatic rings. The molecule has 1 atom stereocenters. The molecule has 0 aromatic heterocycles. The number of fused-ring (bicyclic) bond motifs is 1. The first-order valence-corrected chi connectivity index (χ1v) is 12.4. The number of halogens is 1. The number of aliphatic hydroxyl groups excluding tert-OH is 1. The Labute approximate surface area is 200 Å². The molecule has 4 heteroatoms. The van der Waals surface area contributed by atoms with E-state index in [0.29, 0.717) is 5.92 Å². The number of likely N-dealkylation sites (N-methyl/N-ethyl adjacent to an activating group) is 1. The van der Waals surface area contributed by atoms with Crippen molar-refractivity contribution in [2.45, 2.75) is 38.6 Å². The number of thioether (sulfide) groups is 1. The van der Waals surface area contributed by atoms with Gasteiger partial charge >= 0.3 is 0 Å². The summed E-state index contributed by atoms with van der Waals surface area (Å²) in [5.41, 5.74) is 4.23. The summed E-state index contributed by atoms with van der Waals surface area (Å²) in [7, 11) is 2.14. The maximum Gasteiger partial charge on any atom is 0.123 e. The van der Waals surface area contributed by atoms with Crippen LogP contribution >= 0.6 is 11.8 Å². The molecule has 1 unspecified atom stereocenters. The molecule has 0 bridgehead atoms. The Hall–Kier alpha value is -2.56. The third kappa shape index (κ3) is 4.47. The Bertz CT molecular complexity index is 1200. The molecule has 0 aliphatic carbocycles. The van der Waals surface area contributed by atoms with Crippen LogP contribution in [0, 0.1) is 17.7 Å². The van der Waals surface area contributed by atoms with Crippen molar-refractivity contribution >= 4 is 28.1 Å². The zero-order chi connectivity index (χ0) is 23.7. The second kappa shape index (κ2) is 9.74. The van der Waals surface area contributed by atoms with Gasteiger partial charge in [-0.15, -0.1) is 0 Å². The van der Waals surface area contributed by atoms with Crippen molar-refractivity contribution in [2.24, 2.45) is 11.8 Å². The van der Waals surface area contributed by atoms with Gasteiger partial charge in [0.15, 0.2) is 0 Å². The lowest BCUT2D eigenvalue weighted by Crippen LogP contribution is -2.42. The van der Waals surface area contributed by atoms with Crippen LogP contribution < -0.4 is 0 Å². The van der Waals surface area contributed by atoms with Gasteiger partial charge in [0.05, 0.1) is 12.6 Å². The Balaban J connectivity index is 2.00. The maximum atomic E-state index is 13.8. The van der Waals surface area contributed by atoms with Gasteiger partial charge in [-0.1, -0.05) is 88.0 Å². The molecular formula is C29H32FNOS. The minimum atomic E-state index is -0.255. The fraction of sp³-hybridized carbons (Fsp3) is 0.310. The molecule has 1 aliphatic heterocycles. The van der Waals surface area contributed by atoms with Crippen molar-refractivity contribution in [2.75, 3.05) is 13.7 Å². The number of nitrogens with zero attached hydrogens (tertiary/aromatic N) is 1. The van der Waals surface area contributed by atoms with Crippen molar-refractivity contribution in [1.82, 2.24) is 4.90 Å². The second-order valence-corrected chi connectivity index (χ2v) is 10.4. The van der Waals surface area contributed by atoms with E-state index in [9.17, 15) is 9.50 Å². The number of benzene rings is 3. The van der Waals surface area contributed by atoms with Gasteiger partial charge in [0.2, 0.25) is 0 Å². The van der Waals surface area contributed by atoms with Gasteiger partial charge in [0, 0.05) is 28.1 Å². The average molecular weight is 462 g/mol. The predicted molar refractivity (Wildman–Crippen MR) is 138 cm³/mol.